The van der Waals surface area contributed by atoms with E-state index in [1.807, 2.05) is 19.1 Å². The van der Waals surface area contributed by atoms with Gasteiger partial charge in [0.1, 0.15) is 11.5 Å². The molecule has 0 aliphatic rings. The van der Waals surface area contributed by atoms with Crippen molar-refractivity contribution in [2.45, 2.75) is 13.8 Å². The minimum atomic E-state index is -0.315. The molecule has 3 aromatic heterocycles. The first-order valence-electron chi connectivity index (χ1n) is 8.87. The van der Waals surface area contributed by atoms with Gasteiger partial charge in [0.05, 0.1) is 47.1 Å². The summed E-state index contributed by atoms with van der Waals surface area (Å²) in [5.41, 5.74) is 2.52. The molecule has 1 N–H and O–H groups in total. The monoisotopic (exact) mass is 409 g/mol. The van der Waals surface area contributed by atoms with E-state index in [1.165, 1.54) is 0 Å². The average Bonchev–Trinajstić information content (AvgIpc) is 3.33. The summed E-state index contributed by atoms with van der Waals surface area (Å²) in [6, 6.07) is 11.0. The second-order valence-corrected chi connectivity index (χ2v) is 7.72. The zero-order valence-electron chi connectivity index (χ0n) is 16.4. The molecule has 3 heterocycles. The van der Waals surface area contributed by atoms with Crippen LogP contribution in [0.3, 0.4) is 0 Å². The van der Waals surface area contributed by atoms with Gasteiger partial charge in [0, 0.05) is 10.9 Å². The van der Waals surface area contributed by atoms with Crippen molar-refractivity contribution in [2.75, 3.05) is 19.5 Å². The van der Waals surface area contributed by atoms with E-state index in [9.17, 15) is 4.79 Å². The lowest BCUT2D eigenvalue weighted by molar-refractivity contribution is 0.102. The molecule has 148 valence electrons. The van der Waals surface area contributed by atoms with Crippen LogP contribution in [0.2, 0.25) is 0 Å². The third-order valence-electron chi connectivity index (χ3n) is 4.51. The second kappa shape index (κ2) is 7.56. The van der Waals surface area contributed by atoms with Crippen LogP contribution >= 0.6 is 11.3 Å². The fourth-order valence-electron chi connectivity index (χ4n) is 3.07. The number of anilines is 1. The van der Waals surface area contributed by atoms with Crippen molar-refractivity contribution < 1.29 is 18.8 Å². The number of hydrogen-bond donors (Lipinski definition) is 1. The number of carbonyl (C=O) groups is 1. The maximum Gasteiger partial charge on any atom is 0.259 e. The third-order valence-corrected chi connectivity index (χ3v) is 5.53. The molecule has 0 bridgehead atoms. The zero-order valence-corrected chi connectivity index (χ0v) is 17.2. The number of carbonyl (C=O) groups excluding carboxylic acids is 1. The number of nitrogens with zero attached hydrogens (tertiary/aromatic N) is 2. The molecule has 1 aromatic carbocycles. The Hall–Kier alpha value is -3.39. The van der Waals surface area contributed by atoms with Crippen molar-refractivity contribution in [3.05, 3.63) is 52.5 Å². The standard InChI is InChI=1S/C21H19N3O4S/c1-11-5-8-18(29-11)16-10-14(19-12(2)24-28-21(19)23-16)20(25)22-15-9-13(26-3)6-7-17(15)27-4/h5-10H,1-4H3,(H,22,25). The molecule has 4 aromatic rings. The molecule has 0 radical (unpaired) electrons. The minimum Gasteiger partial charge on any atom is -0.497 e. The van der Waals surface area contributed by atoms with Crippen LogP contribution in [-0.2, 0) is 0 Å². The number of hydrogen-bond acceptors (Lipinski definition) is 7. The highest BCUT2D eigenvalue weighted by molar-refractivity contribution is 7.15. The van der Waals surface area contributed by atoms with E-state index in [2.05, 4.69) is 15.5 Å². The number of benzene rings is 1. The third kappa shape index (κ3) is 3.54. The van der Waals surface area contributed by atoms with Gasteiger partial charge in [-0.3, -0.25) is 4.79 Å². The molecular weight excluding hydrogens is 390 g/mol. The fraction of sp³-hybridized carbons (Fsp3) is 0.190. The van der Waals surface area contributed by atoms with Gasteiger partial charge in [0.15, 0.2) is 0 Å². The van der Waals surface area contributed by atoms with Gasteiger partial charge in [-0.15, -0.1) is 11.3 Å². The average molecular weight is 409 g/mol. The summed E-state index contributed by atoms with van der Waals surface area (Å²) in [4.78, 5) is 19.9. The lowest BCUT2D eigenvalue weighted by Gasteiger charge is -2.12. The van der Waals surface area contributed by atoms with Gasteiger partial charge in [0.2, 0.25) is 0 Å². The van der Waals surface area contributed by atoms with Gasteiger partial charge in [-0.25, -0.2) is 4.98 Å². The molecule has 0 saturated heterocycles. The van der Waals surface area contributed by atoms with Gasteiger partial charge in [0.25, 0.3) is 11.6 Å². The molecule has 0 fully saturated rings. The highest BCUT2D eigenvalue weighted by Crippen LogP contribution is 2.33. The maximum atomic E-state index is 13.2. The molecular formula is C21H19N3O4S. The van der Waals surface area contributed by atoms with Crippen LogP contribution in [0.5, 0.6) is 11.5 Å². The maximum absolute atomic E-state index is 13.2. The van der Waals surface area contributed by atoms with Crippen molar-refractivity contribution in [1.82, 2.24) is 10.1 Å². The summed E-state index contributed by atoms with van der Waals surface area (Å²) in [7, 11) is 3.11. The van der Waals surface area contributed by atoms with E-state index in [-0.39, 0.29) is 5.91 Å². The topological polar surface area (TPSA) is 86.5 Å². The van der Waals surface area contributed by atoms with Crippen molar-refractivity contribution in [1.29, 1.82) is 0 Å². The Morgan fingerprint density at radius 2 is 1.93 bits per heavy atom. The van der Waals surface area contributed by atoms with Crippen LogP contribution in [-0.4, -0.2) is 30.3 Å². The Bertz CT molecular complexity index is 1210. The van der Waals surface area contributed by atoms with E-state index in [0.29, 0.717) is 45.2 Å². The molecule has 0 aliphatic carbocycles. The van der Waals surface area contributed by atoms with Crippen molar-refractivity contribution in [3.8, 4) is 22.1 Å². The van der Waals surface area contributed by atoms with Crippen LogP contribution in [0.4, 0.5) is 5.69 Å². The van der Waals surface area contributed by atoms with Gasteiger partial charge in [-0.05, 0) is 44.2 Å². The largest absolute Gasteiger partial charge is 0.497 e. The smallest absolute Gasteiger partial charge is 0.259 e. The lowest BCUT2D eigenvalue weighted by Crippen LogP contribution is -2.14. The molecule has 29 heavy (non-hydrogen) atoms. The van der Waals surface area contributed by atoms with E-state index in [0.717, 1.165) is 9.75 Å². The van der Waals surface area contributed by atoms with Crippen molar-refractivity contribution in [3.63, 3.8) is 0 Å². The first-order valence-corrected chi connectivity index (χ1v) is 9.69. The molecule has 0 saturated carbocycles. The predicted octanol–water partition coefficient (Wildman–Crippen LogP) is 4.84. The first-order chi connectivity index (χ1) is 14.0. The van der Waals surface area contributed by atoms with Gasteiger partial charge in [-0.2, -0.15) is 0 Å². The Balaban J connectivity index is 1.80. The van der Waals surface area contributed by atoms with E-state index >= 15 is 0 Å². The van der Waals surface area contributed by atoms with Gasteiger partial charge >= 0.3 is 0 Å². The van der Waals surface area contributed by atoms with E-state index < -0.39 is 0 Å². The van der Waals surface area contributed by atoms with Crippen molar-refractivity contribution >= 4 is 34.0 Å². The molecule has 1 amide bonds. The van der Waals surface area contributed by atoms with E-state index in [1.54, 1.807) is 56.7 Å². The SMILES string of the molecule is COc1ccc(OC)c(NC(=O)c2cc(-c3ccc(C)s3)nc3onc(C)c23)c1. The zero-order chi connectivity index (χ0) is 20.5. The normalized spacial score (nSPS) is 10.9. The fourth-order valence-corrected chi connectivity index (χ4v) is 3.90. The molecule has 0 aliphatic heterocycles. The molecule has 4 rings (SSSR count). The summed E-state index contributed by atoms with van der Waals surface area (Å²) in [6.07, 6.45) is 0. The quantitative estimate of drug-likeness (QED) is 0.508. The Morgan fingerprint density at radius 1 is 1.10 bits per heavy atom. The molecule has 0 unspecified atom stereocenters. The number of aromatic nitrogens is 2. The van der Waals surface area contributed by atoms with Crippen LogP contribution in [0.15, 0.2) is 40.9 Å². The summed E-state index contributed by atoms with van der Waals surface area (Å²) in [5, 5.41) is 7.48. The number of fused-ring (bicyclic) bond motifs is 1. The van der Waals surface area contributed by atoms with Crippen molar-refractivity contribution in [2.24, 2.45) is 0 Å². The number of methoxy groups -OCH3 is 2. The summed E-state index contributed by atoms with van der Waals surface area (Å²) >= 11 is 1.60. The number of rotatable bonds is 5. The number of thiophene rings is 1. The lowest BCUT2D eigenvalue weighted by atomic mass is 10.1. The molecule has 0 atom stereocenters. The van der Waals surface area contributed by atoms with Crippen LogP contribution < -0.4 is 14.8 Å². The predicted molar refractivity (Wildman–Crippen MR) is 112 cm³/mol. The van der Waals surface area contributed by atoms with Crippen LogP contribution in [0.25, 0.3) is 21.7 Å². The molecule has 0 spiro atoms. The van der Waals surface area contributed by atoms with Gasteiger partial charge in [-0.1, -0.05) is 5.16 Å². The van der Waals surface area contributed by atoms with Crippen LogP contribution in [0.1, 0.15) is 20.9 Å². The number of nitrogens with one attached hydrogen (secondary N) is 1. The van der Waals surface area contributed by atoms with E-state index in [4.69, 9.17) is 14.0 Å². The van der Waals surface area contributed by atoms with Crippen LogP contribution in [0, 0.1) is 13.8 Å². The Labute approximate surface area is 171 Å². The summed E-state index contributed by atoms with van der Waals surface area (Å²) < 4.78 is 16.0. The number of aryl methyl sites for hydroxylation is 2. The summed E-state index contributed by atoms with van der Waals surface area (Å²) in [5.74, 6) is 0.822. The highest BCUT2D eigenvalue weighted by atomic mass is 32.1. The minimum absolute atomic E-state index is 0.315. The Morgan fingerprint density at radius 3 is 2.62 bits per heavy atom. The number of amides is 1. The van der Waals surface area contributed by atoms with Gasteiger partial charge < -0.3 is 19.3 Å². The highest BCUT2D eigenvalue weighted by Gasteiger charge is 2.21. The molecule has 7 nitrogen and oxygen atoms in total. The summed E-state index contributed by atoms with van der Waals surface area (Å²) in [6.45, 7) is 3.80. The number of pyridine rings is 1. The second-order valence-electron chi connectivity index (χ2n) is 6.43. The number of ether oxygens (including phenoxy) is 2. The Kier molecular flexibility index (Phi) is 4.94. The first kappa shape index (κ1) is 18.9. The molecule has 8 heteroatoms.